The number of amides is 1. The maximum absolute atomic E-state index is 12.2. The fraction of sp³-hybridized carbons (Fsp3) is 0.222. The third-order valence-corrected chi connectivity index (χ3v) is 3.97. The number of Topliss-reactive ketones (excluding diaryl/α,β-unsaturated/α-hetero) is 1. The summed E-state index contributed by atoms with van der Waals surface area (Å²) >= 11 is 5.84. The molecule has 0 atom stereocenters. The maximum Gasteiger partial charge on any atom is 0.231 e. The van der Waals surface area contributed by atoms with Gasteiger partial charge in [-0.05, 0) is 37.1 Å². The number of aryl methyl sites for hydroxylation is 1. The lowest BCUT2D eigenvalue weighted by molar-refractivity contribution is -0.116. The fourth-order valence-electron chi connectivity index (χ4n) is 2.46. The summed E-state index contributed by atoms with van der Waals surface area (Å²) in [5, 5.41) is 3.44. The van der Waals surface area contributed by atoms with Crippen molar-refractivity contribution in [3.05, 3.63) is 52.5 Å². The first-order valence-electron chi connectivity index (χ1n) is 7.52. The van der Waals surface area contributed by atoms with Gasteiger partial charge in [0.2, 0.25) is 12.7 Å². The van der Waals surface area contributed by atoms with Crippen LogP contribution in [0.1, 0.15) is 29.3 Å². The Kier molecular flexibility index (Phi) is 4.71. The lowest BCUT2D eigenvalue weighted by Crippen LogP contribution is -2.14. The molecule has 0 spiro atoms. The van der Waals surface area contributed by atoms with Gasteiger partial charge in [-0.1, -0.05) is 23.7 Å². The topological polar surface area (TPSA) is 64.6 Å². The number of ketones is 1. The van der Waals surface area contributed by atoms with Crippen molar-refractivity contribution >= 4 is 29.0 Å². The highest BCUT2D eigenvalue weighted by Gasteiger charge is 2.20. The van der Waals surface area contributed by atoms with Gasteiger partial charge in [-0.2, -0.15) is 0 Å². The number of benzene rings is 2. The van der Waals surface area contributed by atoms with Crippen LogP contribution in [0.5, 0.6) is 11.5 Å². The van der Waals surface area contributed by atoms with E-state index in [9.17, 15) is 9.59 Å². The van der Waals surface area contributed by atoms with Gasteiger partial charge in [-0.15, -0.1) is 0 Å². The number of ether oxygens (including phenoxy) is 2. The van der Waals surface area contributed by atoms with Gasteiger partial charge in [0.1, 0.15) is 0 Å². The molecule has 2 aromatic carbocycles. The van der Waals surface area contributed by atoms with Crippen molar-refractivity contribution in [3.63, 3.8) is 0 Å². The number of anilines is 1. The molecule has 124 valence electrons. The van der Waals surface area contributed by atoms with E-state index in [1.54, 1.807) is 24.3 Å². The molecule has 24 heavy (non-hydrogen) atoms. The van der Waals surface area contributed by atoms with Crippen LogP contribution in [0.2, 0.25) is 5.02 Å². The molecule has 0 saturated carbocycles. The van der Waals surface area contributed by atoms with E-state index in [0.29, 0.717) is 40.6 Å². The molecule has 5 nitrogen and oxygen atoms in total. The Balaban J connectivity index is 1.69. The molecule has 1 N–H and O–H groups in total. The van der Waals surface area contributed by atoms with Gasteiger partial charge >= 0.3 is 0 Å². The summed E-state index contributed by atoms with van der Waals surface area (Å²) in [5.41, 5.74) is 1.86. The molecule has 1 heterocycles. The quantitative estimate of drug-likeness (QED) is 0.836. The van der Waals surface area contributed by atoms with Crippen LogP contribution in [0.15, 0.2) is 36.4 Å². The number of carbonyl (C=O) groups is 2. The van der Waals surface area contributed by atoms with E-state index in [4.69, 9.17) is 21.1 Å². The summed E-state index contributed by atoms with van der Waals surface area (Å²) in [6.07, 6.45) is 0.885. The largest absolute Gasteiger partial charge is 0.454 e. The highest BCUT2D eigenvalue weighted by Crippen LogP contribution is 2.37. The lowest BCUT2D eigenvalue weighted by atomic mass is 10.1. The van der Waals surface area contributed by atoms with E-state index < -0.39 is 0 Å². The van der Waals surface area contributed by atoms with E-state index in [-0.39, 0.29) is 18.5 Å². The van der Waals surface area contributed by atoms with Crippen LogP contribution in [0.3, 0.4) is 0 Å². The van der Waals surface area contributed by atoms with Crippen LogP contribution in [0, 0.1) is 0 Å². The first-order valence-corrected chi connectivity index (χ1v) is 7.89. The predicted octanol–water partition coefficient (Wildman–Crippen LogP) is 3.84. The fourth-order valence-corrected chi connectivity index (χ4v) is 2.58. The lowest BCUT2D eigenvalue weighted by Gasteiger charge is -2.10. The van der Waals surface area contributed by atoms with Crippen LogP contribution in [-0.2, 0) is 11.2 Å². The molecule has 0 radical (unpaired) electrons. The minimum atomic E-state index is -0.175. The van der Waals surface area contributed by atoms with E-state index >= 15 is 0 Å². The van der Waals surface area contributed by atoms with Crippen LogP contribution in [0.4, 0.5) is 5.69 Å². The minimum Gasteiger partial charge on any atom is -0.454 e. The normalized spacial score (nSPS) is 12.1. The second-order valence-electron chi connectivity index (χ2n) is 5.48. The molecular formula is C18H16ClNO4. The zero-order chi connectivity index (χ0) is 17.1. The summed E-state index contributed by atoms with van der Waals surface area (Å²) in [6.45, 7) is 1.56. The number of fused-ring (bicyclic) bond motifs is 1. The molecule has 0 aliphatic carbocycles. The molecule has 0 unspecified atom stereocenters. The Morgan fingerprint density at radius 2 is 1.79 bits per heavy atom. The van der Waals surface area contributed by atoms with Crippen molar-refractivity contribution in [2.45, 2.75) is 19.8 Å². The van der Waals surface area contributed by atoms with Crippen LogP contribution < -0.4 is 14.8 Å². The second-order valence-corrected chi connectivity index (χ2v) is 5.92. The van der Waals surface area contributed by atoms with Crippen molar-refractivity contribution in [3.8, 4) is 11.5 Å². The standard InChI is InChI=1S/C18H16ClNO4/c1-11(21)14-8-16-17(24-10-23-16)9-15(14)20-18(22)7-4-12-2-5-13(19)6-3-12/h2-3,5-6,8-9H,4,7,10H2,1H3,(H,20,22). The van der Waals surface area contributed by atoms with Gasteiger partial charge in [0.05, 0.1) is 5.69 Å². The van der Waals surface area contributed by atoms with Crippen LogP contribution in [-0.4, -0.2) is 18.5 Å². The second kappa shape index (κ2) is 6.93. The summed E-state index contributed by atoms with van der Waals surface area (Å²) in [5.74, 6) is 0.708. The number of carbonyl (C=O) groups excluding carboxylic acids is 2. The molecule has 3 rings (SSSR count). The summed E-state index contributed by atoms with van der Waals surface area (Å²) in [6, 6.07) is 10.6. The van der Waals surface area contributed by atoms with Crippen molar-refractivity contribution in [2.75, 3.05) is 12.1 Å². The van der Waals surface area contributed by atoms with Gasteiger partial charge < -0.3 is 14.8 Å². The molecule has 1 aliphatic rings. The first kappa shape index (κ1) is 16.3. The SMILES string of the molecule is CC(=O)c1cc2c(cc1NC(=O)CCc1ccc(Cl)cc1)OCO2. The van der Waals surface area contributed by atoms with E-state index in [1.165, 1.54) is 6.92 Å². The minimum absolute atomic E-state index is 0.112. The molecule has 2 aromatic rings. The van der Waals surface area contributed by atoms with Gasteiger partial charge in [-0.25, -0.2) is 0 Å². The molecule has 0 saturated heterocycles. The molecule has 0 aromatic heterocycles. The number of rotatable bonds is 5. The Hall–Kier alpha value is -2.53. The Bertz CT molecular complexity index is 786. The third kappa shape index (κ3) is 3.68. The number of hydrogen-bond donors (Lipinski definition) is 1. The smallest absolute Gasteiger partial charge is 0.231 e. The van der Waals surface area contributed by atoms with E-state index in [2.05, 4.69) is 5.32 Å². The van der Waals surface area contributed by atoms with Gasteiger partial charge in [-0.3, -0.25) is 9.59 Å². The van der Waals surface area contributed by atoms with Gasteiger partial charge in [0.15, 0.2) is 17.3 Å². The number of nitrogens with one attached hydrogen (secondary N) is 1. The summed E-state index contributed by atoms with van der Waals surface area (Å²) in [4.78, 5) is 24.0. The Morgan fingerprint density at radius 3 is 2.46 bits per heavy atom. The highest BCUT2D eigenvalue weighted by molar-refractivity contribution is 6.30. The van der Waals surface area contributed by atoms with E-state index in [1.807, 2.05) is 12.1 Å². The zero-order valence-electron chi connectivity index (χ0n) is 13.1. The van der Waals surface area contributed by atoms with Gasteiger partial charge in [0.25, 0.3) is 0 Å². The van der Waals surface area contributed by atoms with E-state index in [0.717, 1.165) is 5.56 Å². The van der Waals surface area contributed by atoms with Crippen LogP contribution in [0.25, 0.3) is 0 Å². The summed E-state index contributed by atoms with van der Waals surface area (Å²) in [7, 11) is 0. The van der Waals surface area contributed by atoms with Crippen molar-refractivity contribution < 1.29 is 19.1 Å². The molecular weight excluding hydrogens is 330 g/mol. The Morgan fingerprint density at radius 1 is 1.12 bits per heavy atom. The summed E-state index contributed by atoms with van der Waals surface area (Å²) < 4.78 is 10.6. The maximum atomic E-state index is 12.2. The average molecular weight is 346 g/mol. The third-order valence-electron chi connectivity index (χ3n) is 3.72. The number of hydrogen-bond acceptors (Lipinski definition) is 4. The van der Waals surface area contributed by atoms with Crippen molar-refractivity contribution in [2.24, 2.45) is 0 Å². The predicted molar refractivity (Wildman–Crippen MR) is 91.0 cm³/mol. The van der Waals surface area contributed by atoms with Crippen molar-refractivity contribution in [1.82, 2.24) is 0 Å². The molecule has 6 heteroatoms. The average Bonchev–Trinajstić information content (AvgIpc) is 3.00. The Labute approximate surface area is 144 Å². The van der Waals surface area contributed by atoms with Crippen molar-refractivity contribution in [1.29, 1.82) is 0 Å². The highest BCUT2D eigenvalue weighted by atomic mass is 35.5. The molecule has 1 amide bonds. The zero-order valence-corrected chi connectivity index (χ0v) is 13.9. The monoisotopic (exact) mass is 345 g/mol. The van der Waals surface area contributed by atoms with Gasteiger partial charge in [0, 0.05) is 23.1 Å². The molecule has 0 fully saturated rings. The van der Waals surface area contributed by atoms with Crippen LogP contribution >= 0.6 is 11.6 Å². The first-order chi connectivity index (χ1) is 11.5. The number of halogens is 1. The molecule has 0 bridgehead atoms. The molecule has 1 aliphatic heterocycles.